The molecule has 2 rings (SSSR count). The van der Waals surface area contributed by atoms with Gasteiger partial charge in [-0.3, -0.25) is 0 Å². The van der Waals surface area contributed by atoms with Crippen molar-refractivity contribution < 1.29 is 4.74 Å². The van der Waals surface area contributed by atoms with E-state index in [-0.39, 0.29) is 0 Å². The number of nitrogens with zero attached hydrogens (tertiary/aromatic N) is 2. The lowest BCUT2D eigenvalue weighted by atomic mass is 10.3. The summed E-state index contributed by atoms with van der Waals surface area (Å²) in [5, 5.41) is 3.44. The molecule has 1 aromatic carbocycles. The molecule has 0 amide bonds. The number of benzene rings is 1. The normalized spacial score (nSPS) is 11.2. The number of ether oxygens (including phenoxy) is 1. The van der Waals surface area contributed by atoms with Crippen LogP contribution in [0.2, 0.25) is 0 Å². The molecule has 126 valence electrons. The van der Waals surface area contributed by atoms with Crippen LogP contribution in [0.3, 0.4) is 0 Å². The smallest absolute Gasteiger partial charge is 0.124 e. The Labute approximate surface area is 143 Å². The van der Waals surface area contributed by atoms with Gasteiger partial charge in [-0.05, 0) is 43.3 Å². The van der Waals surface area contributed by atoms with Crippen LogP contribution in [0.15, 0.2) is 35.7 Å². The van der Waals surface area contributed by atoms with E-state index in [1.54, 1.807) is 7.11 Å². The average Bonchev–Trinajstić information content (AvgIpc) is 2.90. The van der Waals surface area contributed by atoms with Gasteiger partial charge in [0.2, 0.25) is 0 Å². The Morgan fingerprint density at radius 2 is 2.30 bits per heavy atom. The minimum Gasteiger partial charge on any atom is -0.385 e. The number of fused-ring (bicyclic) bond motifs is 1. The Morgan fingerprint density at radius 3 is 3.04 bits per heavy atom. The van der Waals surface area contributed by atoms with Crippen LogP contribution in [0.4, 0.5) is 0 Å². The lowest BCUT2D eigenvalue weighted by molar-refractivity contribution is 0.194. The van der Waals surface area contributed by atoms with E-state index in [0.29, 0.717) is 0 Å². The summed E-state index contributed by atoms with van der Waals surface area (Å²) >= 11 is 1.90. The highest BCUT2D eigenvalue weighted by molar-refractivity contribution is 7.99. The molecule has 0 saturated heterocycles. The van der Waals surface area contributed by atoms with Gasteiger partial charge in [-0.2, -0.15) is 0 Å². The Hall–Kier alpha value is -1.30. The quantitative estimate of drug-likeness (QED) is 0.385. The minimum atomic E-state index is 0.768. The first-order valence-corrected chi connectivity index (χ1v) is 9.21. The first-order valence-electron chi connectivity index (χ1n) is 8.22. The Morgan fingerprint density at radius 1 is 1.43 bits per heavy atom. The second-order valence-electron chi connectivity index (χ2n) is 5.45. The second-order valence-corrected chi connectivity index (χ2v) is 6.62. The topological polar surface area (TPSA) is 39.1 Å². The number of rotatable bonds is 11. The number of hydrogen-bond donors (Lipinski definition) is 1. The molecule has 5 heteroatoms. The summed E-state index contributed by atoms with van der Waals surface area (Å²) in [6.07, 6.45) is 4.13. The number of allylic oxidation sites excluding steroid dienone is 1. The number of methoxy groups -OCH3 is 1. The molecule has 2 aromatic rings. The summed E-state index contributed by atoms with van der Waals surface area (Å²) < 4.78 is 7.33. The van der Waals surface area contributed by atoms with E-state index < -0.39 is 0 Å². The van der Waals surface area contributed by atoms with Crippen LogP contribution in [0.5, 0.6) is 0 Å². The number of thioether (sulfide) groups is 1. The standard InChI is InChI=1S/C18H27N3OS/c1-4-10-21-17-13-15(23-12-5-2)7-8-16(17)20-18(21)14-19-9-6-11-22-3/h4,7-8,13,19H,1,5-6,9-12,14H2,2-3H3. The summed E-state index contributed by atoms with van der Waals surface area (Å²) in [6, 6.07) is 6.55. The number of nitrogens with one attached hydrogen (secondary N) is 1. The molecule has 0 fully saturated rings. The fourth-order valence-corrected chi connectivity index (χ4v) is 3.27. The van der Waals surface area contributed by atoms with E-state index in [1.807, 2.05) is 17.8 Å². The fourth-order valence-electron chi connectivity index (χ4n) is 2.47. The molecule has 1 aromatic heterocycles. The highest BCUT2D eigenvalue weighted by Crippen LogP contribution is 2.25. The summed E-state index contributed by atoms with van der Waals surface area (Å²) in [7, 11) is 1.73. The molecule has 0 atom stereocenters. The molecule has 1 N–H and O–H groups in total. The van der Waals surface area contributed by atoms with Gasteiger partial charge in [0, 0.05) is 25.2 Å². The molecular formula is C18H27N3OS. The van der Waals surface area contributed by atoms with Crippen molar-refractivity contribution in [2.24, 2.45) is 0 Å². The Kier molecular flexibility index (Phi) is 7.65. The van der Waals surface area contributed by atoms with Gasteiger partial charge in [0.05, 0.1) is 17.6 Å². The number of imidazole rings is 1. The molecular weight excluding hydrogens is 306 g/mol. The fraction of sp³-hybridized carbons (Fsp3) is 0.500. The van der Waals surface area contributed by atoms with Crippen molar-refractivity contribution in [1.82, 2.24) is 14.9 Å². The summed E-state index contributed by atoms with van der Waals surface area (Å²) in [5.74, 6) is 2.21. The molecule has 0 aliphatic heterocycles. The van der Waals surface area contributed by atoms with Crippen LogP contribution < -0.4 is 5.32 Å². The van der Waals surface area contributed by atoms with E-state index in [0.717, 1.165) is 49.8 Å². The number of hydrogen-bond acceptors (Lipinski definition) is 4. The maximum atomic E-state index is 5.07. The van der Waals surface area contributed by atoms with Gasteiger partial charge in [-0.25, -0.2) is 4.98 Å². The van der Waals surface area contributed by atoms with Crippen LogP contribution in [0, 0.1) is 0 Å². The monoisotopic (exact) mass is 333 g/mol. The summed E-state index contributed by atoms with van der Waals surface area (Å²) in [4.78, 5) is 6.09. The highest BCUT2D eigenvalue weighted by Gasteiger charge is 2.10. The first kappa shape index (κ1) is 18.0. The molecule has 1 heterocycles. The zero-order valence-corrected chi connectivity index (χ0v) is 15.0. The van der Waals surface area contributed by atoms with Crippen LogP contribution in [-0.4, -0.2) is 35.6 Å². The molecule has 0 bridgehead atoms. The van der Waals surface area contributed by atoms with Gasteiger partial charge in [-0.15, -0.1) is 18.3 Å². The van der Waals surface area contributed by atoms with Crippen molar-refractivity contribution in [2.45, 2.75) is 37.8 Å². The third-order valence-corrected chi connectivity index (χ3v) is 4.77. The molecule has 0 saturated carbocycles. The lowest BCUT2D eigenvalue weighted by Gasteiger charge is -2.08. The van der Waals surface area contributed by atoms with Gasteiger partial charge < -0.3 is 14.6 Å². The second kappa shape index (κ2) is 9.75. The third-order valence-electron chi connectivity index (χ3n) is 3.57. The van der Waals surface area contributed by atoms with Gasteiger partial charge in [0.25, 0.3) is 0 Å². The van der Waals surface area contributed by atoms with Crippen LogP contribution >= 0.6 is 11.8 Å². The molecule has 0 aliphatic carbocycles. The van der Waals surface area contributed by atoms with Crippen molar-refractivity contribution >= 4 is 22.8 Å². The molecule has 4 nitrogen and oxygen atoms in total. The molecule has 0 radical (unpaired) electrons. The summed E-state index contributed by atoms with van der Waals surface area (Å²) in [6.45, 7) is 9.37. The van der Waals surface area contributed by atoms with Crippen molar-refractivity contribution in [3.8, 4) is 0 Å². The lowest BCUT2D eigenvalue weighted by Crippen LogP contribution is -2.19. The highest BCUT2D eigenvalue weighted by atomic mass is 32.2. The predicted molar refractivity (Wildman–Crippen MR) is 99.1 cm³/mol. The van der Waals surface area contributed by atoms with Crippen LogP contribution in [0.25, 0.3) is 11.0 Å². The van der Waals surface area contributed by atoms with Crippen molar-refractivity contribution in [1.29, 1.82) is 0 Å². The average molecular weight is 334 g/mol. The van der Waals surface area contributed by atoms with E-state index in [4.69, 9.17) is 9.72 Å². The van der Waals surface area contributed by atoms with Crippen molar-refractivity contribution in [3.63, 3.8) is 0 Å². The Balaban J connectivity index is 2.15. The van der Waals surface area contributed by atoms with E-state index >= 15 is 0 Å². The molecule has 0 spiro atoms. The van der Waals surface area contributed by atoms with Crippen molar-refractivity contribution in [2.75, 3.05) is 26.0 Å². The zero-order chi connectivity index (χ0) is 16.5. The van der Waals surface area contributed by atoms with Crippen LogP contribution in [0.1, 0.15) is 25.6 Å². The SMILES string of the molecule is C=CCn1c(CNCCCOC)nc2ccc(SCCC)cc21. The third kappa shape index (κ3) is 5.09. The zero-order valence-electron chi connectivity index (χ0n) is 14.2. The molecule has 0 unspecified atom stereocenters. The van der Waals surface area contributed by atoms with E-state index in [1.165, 1.54) is 16.8 Å². The molecule has 0 aliphatic rings. The minimum absolute atomic E-state index is 0.768. The predicted octanol–water partition coefficient (Wildman–Crippen LogP) is 3.85. The van der Waals surface area contributed by atoms with E-state index in [9.17, 15) is 0 Å². The first-order chi connectivity index (χ1) is 11.3. The van der Waals surface area contributed by atoms with Gasteiger partial charge >= 0.3 is 0 Å². The maximum absolute atomic E-state index is 5.07. The summed E-state index contributed by atoms with van der Waals surface area (Å²) in [5.41, 5.74) is 2.25. The van der Waals surface area contributed by atoms with Crippen LogP contribution in [-0.2, 0) is 17.8 Å². The van der Waals surface area contributed by atoms with Gasteiger partial charge in [0.15, 0.2) is 0 Å². The number of aromatic nitrogens is 2. The maximum Gasteiger partial charge on any atom is 0.124 e. The molecule has 23 heavy (non-hydrogen) atoms. The van der Waals surface area contributed by atoms with Gasteiger partial charge in [-0.1, -0.05) is 13.0 Å². The van der Waals surface area contributed by atoms with Gasteiger partial charge in [0.1, 0.15) is 5.82 Å². The van der Waals surface area contributed by atoms with E-state index in [2.05, 4.69) is 41.6 Å². The Bertz CT molecular complexity index is 624. The largest absolute Gasteiger partial charge is 0.385 e. The van der Waals surface area contributed by atoms with Crippen molar-refractivity contribution in [3.05, 3.63) is 36.7 Å².